The highest BCUT2D eigenvalue weighted by Gasteiger charge is 2.44. The second kappa shape index (κ2) is 5.14. The van der Waals surface area contributed by atoms with E-state index < -0.39 is 0 Å². The van der Waals surface area contributed by atoms with E-state index in [9.17, 15) is 4.79 Å². The average molecular weight is 279 g/mol. The summed E-state index contributed by atoms with van der Waals surface area (Å²) in [5.74, 6) is 0.144. The lowest BCUT2D eigenvalue weighted by Crippen LogP contribution is -2.43. The van der Waals surface area contributed by atoms with Crippen molar-refractivity contribution in [1.29, 1.82) is 0 Å². The summed E-state index contributed by atoms with van der Waals surface area (Å²) >= 11 is 6.05. The van der Waals surface area contributed by atoms with Crippen LogP contribution in [-0.2, 0) is 10.2 Å². The van der Waals surface area contributed by atoms with Crippen LogP contribution in [0.2, 0.25) is 5.02 Å². The number of benzene rings is 1. The number of nitrogens with one attached hydrogen (secondary N) is 2. The van der Waals surface area contributed by atoms with Gasteiger partial charge in [-0.15, -0.1) is 0 Å². The van der Waals surface area contributed by atoms with Gasteiger partial charge in [0, 0.05) is 17.0 Å². The third kappa shape index (κ3) is 2.77. The maximum Gasteiger partial charge on any atom is 0.237 e. The molecule has 1 heterocycles. The van der Waals surface area contributed by atoms with E-state index in [1.54, 1.807) is 0 Å². The van der Waals surface area contributed by atoms with Gasteiger partial charge in [-0.1, -0.05) is 23.7 Å². The molecule has 1 atom stereocenters. The summed E-state index contributed by atoms with van der Waals surface area (Å²) < 4.78 is 0. The Morgan fingerprint density at radius 2 is 2.32 bits per heavy atom. The van der Waals surface area contributed by atoms with E-state index in [0.717, 1.165) is 43.8 Å². The zero-order valence-electron chi connectivity index (χ0n) is 10.9. The number of carbonyl (C=O) groups is 1. The van der Waals surface area contributed by atoms with Crippen LogP contribution in [0.4, 0.5) is 0 Å². The predicted octanol–water partition coefficient (Wildman–Crippen LogP) is 2.24. The second-order valence-electron chi connectivity index (χ2n) is 5.66. The van der Waals surface area contributed by atoms with Crippen LogP contribution in [0.15, 0.2) is 24.3 Å². The molecule has 102 valence electrons. The van der Waals surface area contributed by atoms with Gasteiger partial charge in [0.2, 0.25) is 5.91 Å². The lowest BCUT2D eigenvalue weighted by Gasteiger charge is -2.18. The van der Waals surface area contributed by atoms with E-state index in [2.05, 4.69) is 16.7 Å². The molecule has 3 nitrogen and oxygen atoms in total. The van der Waals surface area contributed by atoms with Crippen molar-refractivity contribution in [1.82, 2.24) is 10.6 Å². The Morgan fingerprint density at radius 3 is 2.95 bits per heavy atom. The molecular formula is C15H19ClN2O. The van der Waals surface area contributed by atoms with Crippen LogP contribution < -0.4 is 10.6 Å². The Bertz CT molecular complexity index is 479. The molecule has 0 aromatic heterocycles. The number of halogens is 1. The first kappa shape index (κ1) is 12.9. The van der Waals surface area contributed by atoms with E-state index in [-0.39, 0.29) is 17.4 Å². The van der Waals surface area contributed by atoms with E-state index in [1.165, 1.54) is 5.56 Å². The molecule has 0 spiro atoms. The van der Waals surface area contributed by atoms with E-state index in [1.807, 2.05) is 18.2 Å². The van der Waals surface area contributed by atoms with Gasteiger partial charge in [-0.25, -0.2) is 0 Å². The van der Waals surface area contributed by atoms with Crippen molar-refractivity contribution in [2.75, 3.05) is 13.1 Å². The van der Waals surface area contributed by atoms with Gasteiger partial charge in [0.25, 0.3) is 0 Å². The second-order valence-corrected chi connectivity index (χ2v) is 6.09. The molecule has 1 unspecified atom stereocenters. The summed E-state index contributed by atoms with van der Waals surface area (Å²) in [6, 6.07) is 8.02. The summed E-state index contributed by atoms with van der Waals surface area (Å²) in [7, 11) is 0. The summed E-state index contributed by atoms with van der Waals surface area (Å²) in [6.45, 7) is 1.68. The van der Waals surface area contributed by atoms with Crippen LogP contribution in [0, 0.1) is 0 Å². The van der Waals surface area contributed by atoms with Gasteiger partial charge in [0.15, 0.2) is 0 Å². The first-order chi connectivity index (χ1) is 9.20. The van der Waals surface area contributed by atoms with Crippen LogP contribution in [-0.4, -0.2) is 25.0 Å². The number of hydrogen-bond acceptors (Lipinski definition) is 2. The van der Waals surface area contributed by atoms with Crippen LogP contribution in [0.25, 0.3) is 0 Å². The molecule has 4 heteroatoms. The fraction of sp³-hybridized carbons (Fsp3) is 0.533. The molecule has 1 amide bonds. The summed E-state index contributed by atoms with van der Waals surface area (Å²) in [4.78, 5) is 12.0. The van der Waals surface area contributed by atoms with E-state index in [0.29, 0.717) is 0 Å². The molecule has 1 saturated heterocycles. The largest absolute Gasteiger partial charge is 0.354 e. The number of rotatable bonds is 4. The Morgan fingerprint density at radius 1 is 1.47 bits per heavy atom. The minimum Gasteiger partial charge on any atom is -0.354 e. The third-order valence-electron chi connectivity index (χ3n) is 4.27. The molecule has 1 aromatic carbocycles. The summed E-state index contributed by atoms with van der Waals surface area (Å²) in [5.41, 5.74) is 1.37. The van der Waals surface area contributed by atoms with Gasteiger partial charge in [0.05, 0.1) is 6.04 Å². The van der Waals surface area contributed by atoms with Crippen molar-refractivity contribution in [3.8, 4) is 0 Å². The van der Waals surface area contributed by atoms with Crippen molar-refractivity contribution in [2.45, 2.75) is 37.1 Å². The van der Waals surface area contributed by atoms with Gasteiger partial charge >= 0.3 is 0 Å². The molecule has 3 rings (SSSR count). The molecule has 1 aliphatic carbocycles. The molecule has 0 bridgehead atoms. The van der Waals surface area contributed by atoms with E-state index >= 15 is 0 Å². The highest BCUT2D eigenvalue weighted by Crippen LogP contribution is 2.48. The van der Waals surface area contributed by atoms with Crippen molar-refractivity contribution >= 4 is 17.5 Å². The highest BCUT2D eigenvalue weighted by molar-refractivity contribution is 6.30. The van der Waals surface area contributed by atoms with Crippen LogP contribution in [0.5, 0.6) is 0 Å². The minimum absolute atomic E-state index is 0.00941. The maximum absolute atomic E-state index is 12.0. The third-order valence-corrected chi connectivity index (χ3v) is 4.50. The number of carbonyl (C=O) groups excluding carboxylic acids is 1. The van der Waals surface area contributed by atoms with Crippen molar-refractivity contribution in [3.05, 3.63) is 34.9 Å². The monoisotopic (exact) mass is 278 g/mol. The summed E-state index contributed by atoms with van der Waals surface area (Å²) in [5, 5.41) is 7.10. The Balaban J connectivity index is 1.61. The Labute approximate surface area is 118 Å². The van der Waals surface area contributed by atoms with Crippen LogP contribution in [0.1, 0.15) is 31.2 Å². The summed E-state index contributed by atoms with van der Waals surface area (Å²) in [6.07, 6.45) is 4.31. The lowest BCUT2D eigenvalue weighted by atomic mass is 9.96. The highest BCUT2D eigenvalue weighted by atomic mass is 35.5. The average Bonchev–Trinajstić information content (AvgIpc) is 3.00. The van der Waals surface area contributed by atoms with Crippen molar-refractivity contribution in [3.63, 3.8) is 0 Å². The molecule has 0 radical (unpaired) electrons. The quantitative estimate of drug-likeness (QED) is 0.887. The molecule has 19 heavy (non-hydrogen) atoms. The topological polar surface area (TPSA) is 41.1 Å². The van der Waals surface area contributed by atoms with Gasteiger partial charge in [-0.2, -0.15) is 0 Å². The van der Waals surface area contributed by atoms with E-state index in [4.69, 9.17) is 11.6 Å². The smallest absolute Gasteiger partial charge is 0.237 e. The Hall–Kier alpha value is -1.06. The molecule has 1 aliphatic heterocycles. The molecule has 2 aliphatic rings. The van der Waals surface area contributed by atoms with Crippen LogP contribution in [0.3, 0.4) is 0 Å². The van der Waals surface area contributed by atoms with Gasteiger partial charge in [-0.3, -0.25) is 4.79 Å². The zero-order chi connectivity index (χ0) is 13.3. The fourth-order valence-electron chi connectivity index (χ4n) is 2.82. The first-order valence-electron chi connectivity index (χ1n) is 6.97. The minimum atomic E-state index is 0.00941. The molecule has 1 aromatic rings. The van der Waals surface area contributed by atoms with Gasteiger partial charge in [-0.05, 0) is 49.9 Å². The first-order valence-corrected chi connectivity index (χ1v) is 7.35. The van der Waals surface area contributed by atoms with Gasteiger partial charge in [0.1, 0.15) is 0 Å². The SMILES string of the molecule is O=C(NCC1(c2cccc(Cl)c2)CC1)C1CCCN1. The Kier molecular flexibility index (Phi) is 3.50. The number of hydrogen-bond donors (Lipinski definition) is 2. The molecule has 1 saturated carbocycles. The lowest BCUT2D eigenvalue weighted by molar-refractivity contribution is -0.122. The number of amides is 1. The standard InChI is InChI=1S/C15H19ClN2O/c16-12-4-1-3-11(9-12)15(6-7-15)10-18-14(19)13-5-2-8-17-13/h1,3-4,9,13,17H,2,5-8,10H2,(H,18,19). The predicted molar refractivity (Wildman–Crippen MR) is 76.4 cm³/mol. The van der Waals surface area contributed by atoms with Gasteiger partial charge < -0.3 is 10.6 Å². The zero-order valence-corrected chi connectivity index (χ0v) is 11.7. The maximum atomic E-state index is 12.0. The molecular weight excluding hydrogens is 260 g/mol. The normalized spacial score (nSPS) is 24.2. The molecule has 2 fully saturated rings. The van der Waals surface area contributed by atoms with Crippen LogP contribution >= 0.6 is 11.6 Å². The fourth-order valence-corrected chi connectivity index (χ4v) is 3.01. The van der Waals surface area contributed by atoms with Crippen molar-refractivity contribution < 1.29 is 4.79 Å². The molecule has 2 N–H and O–H groups in total. The van der Waals surface area contributed by atoms with Crippen molar-refractivity contribution in [2.24, 2.45) is 0 Å².